The molecular weight excluding hydrogens is 622 g/mol. The second-order valence-corrected chi connectivity index (χ2v) is 10.5. The van der Waals surface area contributed by atoms with Crippen LogP contribution in [-0.4, -0.2) is 16.0 Å². The molecule has 2 amide bonds. The fraction of sp³-hybridized carbons (Fsp3) is 0.0833. The molecule has 8 heteroatoms. The van der Waals surface area contributed by atoms with Crippen molar-refractivity contribution < 1.29 is 14.3 Å². The molecule has 0 saturated carbocycles. The number of imide groups is 1. The lowest BCUT2D eigenvalue weighted by atomic mass is 10.2. The Balaban J connectivity index is 1.51. The average Bonchev–Trinajstić information content (AvgIpc) is 3.02. The lowest BCUT2D eigenvalue weighted by molar-refractivity contribution is -0.123. The number of carbonyl (C=O) groups excluding carboxylic acids is 2. The number of nitrogens with zero attached hydrogens (tertiary/aromatic N) is 1. The number of hydrogen-bond acceptors (Lipinski definition) is 4. The van der Waals surface area contributed by atoms with Crippen molar-refractivity contribution in [3.05, 3.63) is 102 Å². The van der Waals surface area contributed by atoms with Crippen LogP contribution in [-0.2, 0) is 17.9 Å². The van der Waals surface area contributed by atoms with Crippen molar-refractivity contribution in [2.24, 2.45) is 0 Å². The molecule has 4 nitrogen and oxygen atoms in total. The lowest BCUT2D eigenvalue weighted by Gasteiger charge is -2.13. The summed E-state index contributed by atoms with van der Waals surface area (Å²) in [7, 11) is 0. The molecule has 0 aromatic heterocycles. The van der Waals surface area contributed by atoms with Gasteiger partial charge in [-0.3, -0.25) is 14.5 Å². The van der Waals surface area contributed by atoms with E-state index in [-0.39, 0.29) is 17.7 Å². The predicted octanol–water partition coefficient (Wildman–Crippen LogP) is 7.79. The van der Waals surface area contributed by atoms with E-state index >= 15 is 0 Å². The minimum atomic E-state index is -0.299. The van der Waals surface area contributed by atoms with Gasteiger partial charge < -0.3 is 4.74 Å². The fourth-order valence-electron chi connectivity index (χ4n) is 3.12. The highest BCUT2D eigenvalue weighted by molar-refractivity contribution is 9.11. The van der Waals surface area contributed by atoms with E-state index in [0.29, 0.717) is 17.3 Å². The molecule has 32 heavy (non-hydrogen) atoms. The summed E-state index contributed by atoms with van der Waals surface area (Å²) < 4.78 is 8.32. The molecule has 1 heterocycles. The third kappa shape index (κ3) is 5.36. The van der Waals surface area contributed by atoms with Crippen molar-refractivity contribution in [3.8, 4) is 5.75 Å². The minimum Gasteiger partial charge on any atom is -0.487 e. The molecule has 4 rings (SSSR count). The third-order valence-electron chi connectivity index (χ3n) is 4.70. The Morgan fingerprint density at radius 3 is 2.22 bits per heavy atom. The first-order chi connectivity index (χ1) is 15.4. The van der Waals surface area contributed by atoms with Gasteiger partial charge in [0.2, 0.25) is 0 Å². The number of carbonyl (C=O) groups is 2. The van der Waals surface area contributed by atoms with Gasteiger partial charge >= 0.3 is 0 Å². The molecule has 0 unspecified atom stereocenters. The number of hydrogen-bond donors (Lipinski definition) is 0. The number of benzene rings is 3. The van der Waals surface area contributed by atoms with Gasteiger partial charge in [-0.05, 0) is 84.6 Å². The maximum Gasteiger partial charge on any atom is 0.293 e. The van der Waals surface area contributed by atoms with Crippen LogP contribution in [0.5, 0.6) is 5.75 Å². The molecule has 1 fully saturated rings. The zero-order valence-electron chi connectivity index (χ0n) is 16.6. The Labute approximate surface area is 215 Å². The number of rotatable bonds is 6. The van der Waals surface area contributed by atoms with E-state index in [9.17, 15) is 9.59 Å². The Morgan fingerprint density at radius 2 is 1.53 bits per heavy atom. The van der Waals surface area contributed by atoms with E-state index in [1.54, 1.807) is 6.08 Å². The summed E-state index contributed by atoms with van der Waals surface area (Å²) in [6.07, 6.45) is 1.72. The largest absolute Gasteiger partial charge is 0.487 e. The first-order valence-corrected chi connectivity index (χ1v) is 12.8. The Kier molecular flexibility index (Phi) is 7.55. The van der Waals surface area contributed by atoms with Crippen molar-refractivity contribution in [2.45, 2.75) is 13.2 Å². The van der Waals surface area contributed by atoms with Crippen LogP contribution in [0.2, 0.25) is 0 Å². The van der Waals surface area contributed by atoms with Crippen molar-refractivity contribution >= 4 is 76.8 Å². The zero-order valence-corrected chi connectivity index (χ0v) is 22.1. The topological polar surface area (TPSA) is 46.6 Å². The van der Waals surface area contributed by atoms with Crippen molar-refractivity contribution in [1.29, 1.82) is 0 Å². The summed E-state index contributed by atoms with van der Waals surface area (Å²) in [6.45, 7) is 0.661. The van der Waals surface area contributed by atoms with Gasteiger partial charge in [-0.15, -0.1) is 0 Å². The van der Waals surface area contributed by atoms with Crippen LogP contribution in [0.25, 0.3) is 6.08 Å². The van der Waals surface area contributed by atoms with Crippen LogP contribution in [0.1, 0.15) is 16.7 Å². The molecular formula is C24H16Br3NO3S. The van der Waals surface area contributed by atoms with Gasteiger partial charge in [0.05, 0.1) is 20.4 Å². The molecule has 0 N–H and O–H groups in total. The van der Waals surface area contributed by atoms with Crippen molar-refractivity contribution in [3.63, 3.8) is 0 Å². The maximum absolute atomic E-state index is 12.9. The van der Waals surface area contributed by atoms with E-state index in [1.807, 2.05) is 66.7 Å². The highest BCUT2D eigenvalue weighted by Gasteiger charge is 2.35. The molecule has 1 saturated heterocycles. The predicted molar refractivity (Wildman–Crippen MR) is 138 cm³/mol. The zero-order chi connectivity index (χ0) is 22.7. The molecule has 3 aromatic carbocycles. The van der Waals surface area contributed by atoms with Crippen molar-refractivity contribution in [2.75, 3.05) is 0 Å². The Morgan fingerprint density at radius 1 is 0.875 bits per heavy atom. The highest BCUT2D eigenvalue weighted by Crippen LogP contribution is 2.38. The SMILES string of the molecule is O=C1S/C(=C\c2cc(Br)c(OCc3ccccc3)c(Br)c2)C(=O)N1Cc1ccccc1Br. The van der Waals surface area contributed by atoms with E-state index in [0.717, 1.165) is 41.9 Å². The summed E-state index contributed by atoms with van der Waals surface area (Å²) >= 11 is 11.5. The smallest absolute Gasteiger partial charge is 0.293 e. The van der Waals surface area contributed by atoms with Crippen LogP contribution in [0.3, 0.4) is 0 Å². The van der Waals surface area contributed by atoms with Crippen LogP contribution < -0.4 is 4.74 Å². The number of thioether (sulfide) groups is 1. The van der Waals surface area contributed by atoms with E-state index in [2.05, 4.69) is 47.8 Å². The molecule has 162 valence electrons. The standard InChI is InChI=1S/C24H16Br3NO3S/c25-18-9-5-4-8-17(18)13-28-23(29)21(32-24(28)30)12-16-10-19(26)22(20(27)11-16)31-14-15-6-2-1-3-7-15/h1-12H,13-14H2/b21-12-. The number of halogens is 3. The second-order valence-electron chi connectivity index (χ2n) is 6.95. The Hall–Kier alpha value is -1.87. The lowest BCUT2D eigenvalue weighted by Crippen LogP contribution is -2.27. The molecule has 0 spiro atoms. The average molecular weight is 638 g/mol. The molecule has 0 atom stereocenters. The minimum absolute atomic E-state index is 0.225. The summed E-state index contributed by atoms with van der Waals surface area (Å²) in [6, 6.07) is 21.2. The van der Waals surface area contributed by atoms with Crippen LogP contribution in [0, 0.1) is 0 Å². The van der Waals surface area contributed by atoms with Crippen LogP contribution in [0.15, 0.2) is 85.1 Å². The quantitative estimate of drug-likeness (QED) is 0.259. The second kappa shape index (κ2) is 10.4. The van der Waals surface area contributed by atoms with Crippen LogP contribution >= 0.6 is 59.6 Å². The van der Waals surface area contributed by atoms with Gasteiger partial charge in [-0.1, -0.05) is 64.5 Å². The van der Waals surface area contributed by atoms with Gasteiger partial charge in [0.1, 0.15) is 12.4 Å². The van der Waals surface area contributed by atoms with Gasteiger partial charge in [0.15, 0.2) is 0 Å². The fourth-order valence-corrected chi connectivity index (χ4v) is 5.81. The summed E-state index contributed by atoms with van der Waals surface area (Å²) in [5.74, 6) is 0.375. The van der Waals surface area contributed by atoms with Gasteiger partial charge in [0, 0.05) is 4.47 Å². The monoisotopic (exact) mass is 635 g/mol. The summed E-state index contributed by atoms with van der Waals surface area (Å²) in [5.41, 5.74) is 2.72. The molecule has 0 aliphatic carbocycles. The van der Waals surface area contributed by atoms with E-state index in [4.69, 9.17) is 4.74 Å². The first kappa shape index (κ1) is 23.3. The van der Waals surface area contributed by atoms with E-state index in [1.165, 1.54) is 4.90 Å². The third-order valence-corrected chi connectivity index (χ3v) is 7.56. The Bertz CT molecular complexity index is 1190. The highest BCUT2D eigenvalue weighted by atomic mass is 79.9. The number of amides is 2. The first-order valence-electron chi connectivity index (χ1n) is 9.57. The molecule has 3 aromatic rings. The molecule has 1 aliphatic heterocycles. The molecule has 0 bridgehead atoms. The normalized spacial score (nSPS) is 15.0. The van der Waals surface area contributed by atoms with Gasteiger partial charge in [-0.25, -0.2) is 0 Å². The van der Waals surface area contributed by atoms with Gasteiger partial charge in [-0.2, -0.15) is 0 Å². The summed E-state index contributed by atoms with van der Waals surface area (Å²) in [4.78, 5) is 27.0. The molecule has 1 aliphatic rings. The van der Waals surface area contributed by atoms with Crippen LogP contribution in [0.4, 0.5) is 4.79 Å². The van der Waals surface area contributed by atoms with Crippen molar-refractivity contribution in [1.82, 2.24) is 4.90 Å². The molecule has 0 radical (unpaired) electrons. The van der Waals surface area contributed by atoms with Gasteiger partial charge in [0.25, 0.3) is 11.1 Å². The summed E-state index contributed by atoms with van der Waals surface area (Å²) in [5, 5.41) is -0.280. The van der Waals surface area contributed by atoms with E-state index < -0.39 is 0 Å². The number of ether oxygens (including phenoxy) is 1. The maximum atomic E-state index is 12.9.